The van der Waals surface area contributed by atoms with E-state index in [1.165, 1.54) is 12.1 Å². The Bertz CT molecular complexity index is 1010. The van der Waals surface area contributed by atoms with E-state index in [0.29, 0.717) is 11.8 Å². The summed E-state index contributed by atoms with van der Waals surface area (Å²) in [4.78, 5) is 17.2. The summed E-state index contributed by atoms with van der Waals surface area (Å²) in [6.07, 6.45) is 1.17. The number of carbonyl (C=O) groups is 1. The van der Waals surface area contributed by atoms with Gasteiger partial charge < -0.3 is 24.3 Å². The summed E-state index contributed by atoms with van der Waals surface area (Å²) in [6.45, 7) is 2.08. The average molecular weight is 405 g/mol. The molecule has 0 spiro atoms. The number of nitrogens with one attached hydrogen (secondary N) is 1. The predicted octanol–water partition coefficient (Wildman–Crippen LogP) is 4.35. The fourth-order valence-electron chi connectivity index (χ4n) is 3.74. The summed E-state index contributed by atoms with van der Waals surface area (Å²) in [5, 5.41) is 2.91. The fraction of sp³-hybridized carbons (Fsp3) is 0.292. The van der Waals surface area contributed by atoms with E-state index in [2.05, 4.69) is 41.3 Å². The number of carbonyl (C=O) groups excluding carboxylic acids is 1. The molecule has 2 heterocycles. The molecular formula is C24H27N3O3. The van der Waals surface area contributed by atoms with Crippen molar-refractivity contribution in [1.29, 1.82) is 0 Å². The van der Waals surface area contributed by atoms with Gasteiger partial charge in [0.2, 0.25) is 0 Å². The van der Waals surface area contributed by atoms with Gasteiger partial charge in [0.1, 0.15) is 11.5 Å². The maximum absolute atomic E-state index is 12.6. The van der Waals surface area contributed by atoms with Gasteiger partial charge in [0.15, 0.2) is 5.76 Å². The van der Waals surface area contributed by atoms with Gasteiger partial charge in [0.25, 0.3) is 5.91 Å². The number of benzene rings is 2. The number of amides is 1. The van der Waals surface area contributed by atoms with Crippen LogP contribution in [-0.4, -0.2) is 51.1 Å². The Morgan fingerprint density at radius 1 is 1.13 bits per heavy atom. The van der Waals surface area contributed by atoms with Crippen molar-refractivity contribution in [3.05, 3.63) is 66.4 Å². The molecule has 30 heavy (non-hydrogen) atoms. The van der Waals surface area contributed by atoms with Crippen molar-refractivity contribution < 1.29 is 13.9 Å². The first-order chi connectivity index (χ1) is 14.5. The minimum atomic E-state index is -0.272. The van der Waals surface area contributed by atoms with Gasteiger partial charge in [-0.2, -0.15) is 0 Å². The number of hydrogen-bond donors (Lipinski definition) is 1. The van der Waals surface area contributed by atoms with Crippen LogP contribution in [-0.2, 0) is 0 Å². The highest BCUT2D eigenvalue weighted by Gasteiger charge is 2.24. The first-order valence-corrected chi connectivity index (χ1v) is 10.1. The van der Waals surface area contributed by atoms with Crippen molar-refractivity contribution in [2.24, 2.45) is 0 Å². The van der Waals surface area contributed by atoms with Gasteiger partial charge in [-0.25, -0.2) is 0 Å². The van der Waals surface area contributed by atoms with Crippen LogP contribution in [0.25, 0.3) is 11.3 Å². The number of rotatable bonds is 6. The van der Waals surface area contributed by atoms with E-state index in [0.717, 1.165) is 30.1 Å². The van der Waals surface area contributed by atoms with E-state index in [9.17, 15) is 4.79 Å². The monoisotopic (exact) mass is 405 g/mol. The molecule has 6 heteroatoms. The van der Waals surface area contributed by atoms with Gasteiger partial charge in [-0.15, -0.1) is 0 Å². The summed E-state index contributed by atoms with van der Waals surface area (Å²) >= 11 is 0. The third kappa shape index (κ3) is 4.33. The Morgan fingerprint density at radius 2 is 1.93 bits per heavy atom. The molecule has 1 atom stereocenters. The lowest BCUT2D eigenvalue weighted by Gasteiger charge is -2.22. The molecule has 156 valence electrons. The number of ether oxygens (including phenoxy) is 1. The third-order valence-electron chi connectivity index (χ3n) is 5.57. The molecule has 1 N–H and O–H groups in total. The van der Waals surface area contributed by atoms with Crippen LogP contribution in [0.3, 0.4) is 0 Å². The highest BCUT2D eigenvalue weighted by Crippen LogP contribution is 2.27. The van der Waals surface area contributed by atoms with Crippen LogP contribution < -0.4 is 15.0 Å². The van der Waals surface area contributed by atoms with Crippen LogP contribution in [0.1, 0.15) is 17.0 Å². The van der Waals surface area contributed by atoms with E-state index in [1.54, 1.807) is 19.2 Å². The normalized spacial score (nSPS) is 16.1. The van der Waals surface area contributed by atoms with Gasteiger partial charge in [-0.05, 0) is 69.0 Å². The van der Waals surface area contributed by atoms with Crippen LogP contribution in [0, 0.1) is 0 Å². The minimum absolute atomic E-state index is 0.269. The van der Waals surface area contributed by atoms with Crippen molar-refractivity contribution >= 4 is 17.3 Å². The smallest absolute Gasteiger partial charge is 0.291 e. The quantitative estimate of drug-likeness (QED) is 0.661. The maximum Gasteiger partial charge on any atom is 0.291 e. The summed E-state index contributed by atoms with van der Waals surface area (Å²) in [6, 6.07) is 19.6. The molecular weight excluding hydrogens is 378 g/mol. The Morgan fingerprint density at radius 3 is 2.63 bits per heavy atom. The molecule has 0 aliphatic carbocycles. The van der Waals surface area contributed by atoms with Gasteiger partial charge in [-0.1, -0.05) is 12.1 Å². The van der Waals surface area contributed by atoms with Gasteiger partial charge >= 0.3 is 0 Å². The molecule has 1 unspecified atom stereocenters. The number of anilines is 2. The topological polar surface area (TPSA) is 58.0 Å². The number of hydrogen-bond acceptors (Lipinski definition) is 5. The molecule has 0 bridgehead atoms. The first kappa shape index (κ1) is 20.0. The Hall–Kier alpha value is -3.25. The van der Waals surface area contributed by atoms with Crippen LogP contribution in [0.5, 0.6) is 5.75 Å². The lowest BCUT2D eigenvalue weighted by Crippen LogP contribution is -2.31. The largest absolute Gasteiger partial charge is 0.497 e. The van der Waals surface area contributed by atoms with Crippen molar-refractivity contribution in [3.8, 4) is 17.1 Å². The highest BCUT2D eigenvalue weighted by molar-refractivity contribution is 6.02. The number of nitrogens with zero attached hydrogens (tertiary/aromatic N) is 2. The summed E-state index contributed by atoms with van der Waals surface area (Å²) in [5.74, 6) is 1.36. The van der Waals surface area contributed by atoms with Crippen molar-refractivity contribution in [2.45, 2.75) is 12.5 Å². The second-order valence-corrected chi connectivity index (χ2v) is 7.75. The summed E-state index contributed by atoms with van der Waals surface area (Å²) < 4.78 is 11.0. The first-order valence-electron chi connectivity index (χ1n) is 10.1. The lowest BCUT2D eigenvalue weighted by atomic mass is 10.2. The molecule has 0 radical (unpaired) electrons. The molecule has 1 aliphatic heterocycles. The fourth-order valence-corrected chi connectivity index (χ4v) is 3.74. The van der Waals surface area contributed by atoms with Crippen LogP contribution in [0.4, 0.5) is 11.4 Å². The van der Waals surface area contributed by atoms with Gasteiger partial charge in [0, 0.05) is 36.1 Å². The van der Waals surface area contributed by atoms with Crippen LogP contribution >= 0.6 is 0 Å². The van der Waals surface area contributed by atoms with Gasteiger partial charge in [0.05, 0.1) is 7.11 Å². The average Bonchev–Trinajstić information content (AvgIpc) is 3.45. The maximum atomic E-state index is 12.6. The molecule has 6 nitrogen and oxygen atoms in total. The molecule has 4 rings (SSSR count). The predicted molar refractivity (Wildman–Crippen MR) is 119 cm³/mol. The van der Waals surface area contributed by atoms with Crippen molar-refractivity contribution in [1.82, 2.24) is 4.90 Å². The lowest BCUT2D eigenvalue weighted by molar-refractivity contribution is 0.0997. The second kappa shape index (κ2) is 8.63. The molecule has 1 fully saturated rings. The van der Waals surface area contributed by atoms with E-state index in [-0.39, 0.29) is 11.7 Å². The molecule has 0 saturated carbocycles. The Balaban J connectivity index is 1.40. The number of methoxy groups -OCH3 is 1. The Labute approximate surface area is 177 Å². The summed E-state index contributed by atoms with van der Waals surface area (Å²) in [5.41, 5.74) is 2.78. The summed E-state index contributed by atoms with van der Waals surface area (Å²) in [7, 11) is 5.87. The highest BCUT2D eigenvalue weighted by atomic mass is 16.5. The molecule has 1 aromatic heterocycles. The number of likely N-dealkylation sites (N-methyl/N-ethyl adjacent to an activating group) is 1. The third-order valence-corrected chi connectivity index (χ3v) is 5.57. The number of furan rings is 1. The molecule has 1 saturated heterocycles. The SMILES string of the molecule is COc1cccc(-c2ccc(C(=O)Nc3ccc(N4CCC(N(C)C)C4)cc3)o2)c1. The van der Waals surface area contributed by atoms with E-state index in [1.807, 2.05) is 36.4 Å². The molecule has 3 aromatic rings. The Kier molecular flexibility index (Phi) is 5.77. The minimum Gasteiger partial charge on any atom is -0.497 e. The van der Waals surface area contributed by atoms with E-state index >= 15 is 0 Å². The zero-order chi connectivity index (χ0) is 21.1. The molecule has 1 amide bonds. The van der Waals surface area contributed by atoms with Crippen molar-refractivity contribution in [3.63, 3.8) is 0 Å². The van der Waals surface area contributed by atoms with Crippen molar-refractivity contribution in [2.75, 3.05) is 44.5 Å². The standard InChI is InChI=1S/C24H27N3O3/c1-26(2)20-13-14-27(16-20)19-9-7-18(8-10-19)25-24(28)23-12-11-22(30-23)17-5-4-6-21(15-17)29-3/h4-12,15,20H,13-14,16H2,1-3H3,(H,25,28). The molecule has 2 aromatic carbocycles. The van der Waals surface area contributed by atoms with Gasteiger partial charge in [-0.3, -0.25) is 4.79 Å². The molecule has 1 aliphatic rings. The second-order valence-electron chi connectivity index (χ2n) is 7.75. The zero-order valence-electron chi connectivity index (χ0n) is 17.6. The van der Waals surface area contributed by atoms with Crippen LogP contribution in [0.2, 0.25) is 0 Å². The zero-order valence-corrected chi connectivity index (χ0v) is 17.6. The van der Waals surface area contributed by atoms with Crippen LogP contribution in [0.15, 0.2) is 65.1 Å². The van der Waals surface area contributed by atoms with E-state index in [4.69, 9.17) is 9.15 Å². The van der Waals surface area contributed by atoms with E-state index < -0.39 is 0 Å².